The molecule has 1 aromatic heterocycles. The first-order valence-electron chi connectivity index (χ1n) is 14.1. The second-order valence-electron chi connectivity index (χ2n) is 10.9. The Hall–Kier alpha value is -2.91. The third kappa shape index (κ3) is 5.84. The van der Waals surface area contributed by atoms with Crippen LogP contribution in [-0.4, -0.2) is 78.7 Å². The molecule has 39 heavy (non-hydrogen) atoms. The first-order chi connectivity index (χ1) is 19.0. The number of aryl methyl sites for hydroxylation is 1. The molecular formula is C30H38ClN7O. The number of piperazine rings is 1. The van der Waals surface area contributed by atoms with E-state index in [0.29, 0.717) is 29.4 Å². The van der Waals surface area contributed by atoms with Crippen LogP contribution in [0.15, 0.2) is 54.7 Å². The van der Waals surface area contributed by atoms with Gasteiger partial charge in [-0.2, -0.15) is 4.98 Å². The van der Waals surface area contributed by atoms with Crippen LogP contribution < -0.4 is 15.3 Å². The fourth-order valence-electron chi connectivity index (χ4n) is 6.10. The first-order valence-corrected chi connectivity index (χ1v) is 14.5. The molecule has 4 heterocycles. The Labute approximate surface area is 236 Å². The summed E-state index contributed by atoms with van der Waals surface area (Å²) >= 11 is 6.55. The van der Waals surface area contributed by atoms with Crippen LogP contribution in [0, 0.1) is 6.92 Å². The van der Waals surface area contributed by atoms with Gasteiger partial charge < -0.3 is 15.1 Å². The van der Waals surface area contributed by atoms with Gasteiger partial charge in [0.2, 0.25) is 5.95 Å². The van der Waals surface area contributed by atoms with Crippen molar-refractivity contribution >= 4 is 34.7 Å². The van der Waals surface area contributed by atoms with Crippen molar-refractivity contribution in [2.24, 2.45) is 0 Å². The van der Waals surface area contributed by atoms with Crippen LogP contribution in [0.4, 0.5) is 23.1 Å². The number of likely N-dealkylation sites (N-methyl/N-ethyl adjacent to an activating group) is 1. The van der Waals surface area contributed by atoms with Crippen LogP contribution in [0.2, 0.25) is 5.02 Å². The monoisotopic (exact) mass is 547 g/mol. The molecule has 3 fully saturated rings. The summed E-state index contributed by atoms with van der Waals surface area (Å²) in [6.07, 6.45) is 4.97. The summed E-state index contributed by atoms with van der Waals surface area (Å²) in [6, 6.07) is 17.6. The maximum atomic E-state index is 6.55. The van der Waals surface area contributed by atoms with Gasteiger partial charge in [0.25, 0.3) is 0 Å². The molecule has 206 valence electrons. The Kier molecular flexibility index (Phi) is 7.88. The molecule has 3 aliphatic heterocycles. The summed E-state index contributed by atoms with van der Waals surface area (Å²) in [5.41, 5.74) is 4.70. The minimum atomic E-state index is 0.0633. The van der Waals surface area contributed by atoms with E-state index in [-0.39, 0.29) is 6.04 Å². The van der Waals surface area contributed by atoms with E-state index in [1.165, 1.54) is 55.8 Å². The zero-order valence-electron chi connectivity index (χ0n) is 22.9. The molecule has 1 N–H and O–H groups in total. The van der Waals surface area contributed by atoms with Gasteiger partial charge >= 0.3 is 0 Å². The Morgan fingerprint density at radius 3 is 2.46 bits per heavy atom. The molecule has 3 aromatic rings. The molecule has 3 aliphatic rings. The number of hydrogen-bond donors (Lipinski definition) is 1. The molecule has 0 radical (unpaired) electrons. The molecule has 3 saturated heterocycles. The summed E-state index contributed by atoms with van der Waals surface area (Å²) in [6.45, 7) is 9.79. The largest absolute Gasteiger partial charge is 0.371 e. The zero-order valence-corrected chi connectivity index (χ0v) is 23.6. The lowest BCUT2D eigenvalue weighted by Gasteiger charge is -2.43. The average Bonchev–Trinajstić information content (AvgIpc) is 3.45. The van der Waals surface area contributed by atoms with Crippen molar-refractivity contribution in [1.82, 2.24) is 19.8 Å². The third-order valence-electron chi connectivity index (χ3n) is 8.34. The quantitative estimate of drug-likeness (QED) is 0.447. The van der Waals surface area contributed by atoms with Gasteiger partial charge in [-0.3, -0.25) is 9.74 Å². The van der Waals surface area contributed by atoms with Crippen LogP contribution in [-0.2, 0) is 4.84 Å². The minimum absolute atomic E-state index is 0.0633. The topological polar surface area (TPSA) is 60.0 Å². The van der Waals surface area contributed by atoms with Crippen molar-refractivity contribution in [2.45, 2.75) is 38.3 Å². The van der Waals surface area contributed by atoms with E-state index >= 15 is 0 Å². The van der Waals surface area contributed by atoms with Gasteiger partial charge in [-0.15, -0.1) is 0 Å². The SMILES string of the molecule is Cc1cc(Nc2ncc(Cl)c(N3OCC[C@H]3c3ccccc3)n2)ccc1N1CCC(N2CCN(C)CC2)CC1. The molecule has 8 nitrogen and oxygen atoms in total. The first kappa shape index (κ1) is 26.3. The normalized spacial score (nSPS) is 21.5. The van der Waals surface area contributed by atoms with Gasteiger partial charge in [-0.25, -0.2) is 10.0 Å². The molecule has 0 bridgehead atoms. The summed E-state index contributed by atoms with van der Waals surface area (Å²) in [7, 11) is 2.22. The molecule has 2 aromatic carbocycles. The molecule has 0 spiro atoms. The number of halogens is 1. The smallest absolute Gasteiger partial charge is 0.229 e. The molecule has 0 saturated carbocycles. The fraction of sp³-hybridized carbons (Fsp3) is 0.467. The number of aromatic nitrogens is 2. The highest BCUT2D eigenvalue weighted by Crippen LogP contribution is 2.38. The summed E-state index contributed by atoms with van der Waals surface area (Å²) in [5.74, 6) is 1.08. The predicted octanol–water partition coefficient (Wildman–Crippen LogP) is 5.28. The molecular weight excluding hydrogens is 510 g/mol. The van der Waals surface area contributed by atoms with E-state index in [9.17, 15) is 0 Å². The molecule has 1 atom stereocenters. The van der Waals surface area contributed by atoms with Gasteiger partial charge in [-0.05, 0) is 56.1 Å². The Balaban J connectivity index is 1.11. The highest BCUT2D eigenvalue weighted by Gasteiger charge is 2.31. The van der Waals surface area contributed by atoms with Crippen LogP contribution in [0.5, 0.6) is 0 Å². The van der Waals surface area contributed by atoms with Gasteiger partial charge in [0.05, 0.1) is 18.8 Å². The molecule has 0 unspecified atom stereocenters. The number of nitrogens with one attached hydrogen (secondary N) is 1. The fourth-order valence-corrected chi connectivity index (χ4v) is 6.28. The lowest BCUT2D eigenvalue weighted by Crippen LogP contribution is -2.52. The number of nitrogens with zero attached hydrogens (tertiary/aromatic N) is 6. The van der Waals surface area contributed by atoms with Gasteiger partial charge in [0.1, 0.15) is 5.02 Å². The maximum Gasteiger partial charge on any atom is 0.229 e. The van der Waals surface area contributed by atoms with Crippen LogP contribution >= 0.6 is 11.6 Å². The number of benzene rings is 2. The van der Waals surface area contributed by atoms with Crippen LogP contribution in [0.25, 0.3) is 0 Å². The van der Waals surface area contributed by atoms with Crippen molar-refractivity contribution in [3.63, 3.8) is 0 Å². The van der Waals surface area contributed by atoms with Crippen molar-refractivity contribution in [3.8, 4) is 0 Å². The minimum Gasteiger partial charge on any atom is -0.371 e. The van der Waals surface area contributed by atoms with E-state index < -0.39 is 0 Å². The lowest BCUT2D eigenvalue weighted by molar-refractivity contribution is 0.0982. The van der Waals surface area contributed by atoms with E-state index in [1.807, 2.05) is 23.3 Å². The van der Waals surface area contributed by atoms with Crippen molar-refractivity contribution in [3.05, 3.63) is 70.9 Å². The Bertz CT molecular complexity index is 1260. The van der Waals surface area contributed by atoms with Gasteiger partial charge in [0, 0.05) is 63.1 Å². The summed E-state index contributed by atoms with van der Waals surface area (Å²) < 4.78 is 0. The van der Waals surface area contributed by atoms with Crippen molar-refractivity contribution in [1.29, 1.82) is 0 Å². The number of hydroxylamine groups is 1. The average molecular weight is 548 g/mol. The van der Waals surface area contributed by atoms with E-state index in [2.05, 4.69) is 69.3 Å². The molecule has 0 aliphatic carbocycles. The Morgan fingerprint density at radius 1 is 0.949 bits per heavy atom. The zero-order chi connectivity index (χ0) is 26.8. The van der Waals surface area contributed by atoms with Crippen LogP contribution in [0.1, 0.15) is 36.4 Å². The lowest BCUT2D eigenvalue weighted by atomic mass is 10.0. The molecule has 9 heteroatoms. The number of piperidine rings is 1. The third-order valence-corrected chi connectivity index (χ3v) is 8.60. The second kappa shape index (κ2) is 11.7. The highest BCUT2D eigenvalue weighted by atomic mass is 35.5. The predicted molar refractivity (Wildman–Crippen MR) is 158 cm³/mol. The molecule has 6 rings (SSSR count). The number of anilines is 4. The van der Waals surface area contributed by atoms with Crippen LogP contribution in [0.3, 0.4) is 0 Å². The van der Waals surface area contributed by atoms with E-state index in [4.69, 9.17) is 21.4 Å². The number of rotatable bonds is 6. The number of hydrogen-bond acceptors (Lipinski definition) is 8. The summed E-state index contributed by atoms with van der Waals surface area (Å²) in [4.78, 5) is 22.8. The van der Waals surface area contributed by atoms with Crippen molar-refractivity contribution < 1.29 is 4.84 Å². The van der Waals surface area contributed by atoms with Gasteiger partial charge in [-0.1, -0.05) is 41.9 Å². The van der Waals surface area contributed by atoms with E-state index in [0.717, 1.165) is 25.2 Å². The molecule has 0 amide bonds. The summed E-state index contributed by atoms with van der Waals surface area (Å²) in [5, 5.41) is 5.67. The van der Waals surface area contributed by atoms with E-state index in [1.54, 1.807) is 6.20 Å². The van der Waals surface area contributed by atoms with Crippen molar-refractivity contribution in [2.75, 3.05) is 68.2 Å². The van der Waals surface area contributed by atoms with Gasteiger partial charge in [0.15, 0.2) is 5.82 Å². The standard InChI is InChI=1S/C30H38ClN7O/c1-22-20-24(8-9-27(22)37-13-10-25(11-14-37)36-17-15-35(2)16-18-36)33-30-32-21-26(31)29(34-30)38-28(12-19-39-38)23-6-4-3-5-7-23/h3-9,20-21,25,28H,10-19H2,1-2H3,(H,32,33,34)/t28-/m0/s1. The second-order valence-corrected chi connectivity index (χ2v) is 11.3. The Morgan fingerprint density at radius 2 is 1.72 bits per heavy atom. The maximum absolute atomic E-state index is 6.55. The highest BCUT2D eigenvalue weighted by molar-refractivity contribution is 6.32.